The van der Waals surface area contributed by atoms with Crippen LogP contribution >= 0.6 is 0 Å². The molecule has 0 aliphatic heterocycles. The third-order valence-electron chi connectivity index (χ3n) is 8.61. The van der Waals surface area contributed by atoms with Gasteiger partial charge in [0.15, 0.2) is 5.78 Å². The summed E-state index contributed by atoms with van der Waals surface area (Å²) in [6, 6.07) is 5.42. The summed E-state index contributed by atoms with van der Waals surface area (Å²) < 4.78 is 26.6. The molecule has 5 N–H and O–H groups in total. The van der Waals surface area contributed by atoms with Crippen molar-refractivity contribution in [3.8, 4) is 5.75 Å². The number of carboxylic acids is 2. The highest BCUT2D eigenvalue weighted by atomic mass is 16.5. The maximum atomic E-state index is 12.3. The molecule has 1 atom stereocenters. The number of unbranched alkanes of at least 4 members (excludes halogenated alkanes) is 12. The maximum Gasteiger partial charge on any atom is 0.335 e. The van der Waals surface area contributed by atoms with Crippen LogP contribution in [-0.4, -0.2) is 124 Å². The van der Waals surface area contributed by atoms with Gasteiger partial charge in [-0.25, -0.2) is 9.59 Å². The Morgan fingerprint density at radius 1 is 0.579 bits per heavy atom. The highest BCUT2D eigenvalue weighted by Crippen LogP contribution is 2.16. The number of aromatic carboxylic acids is 1. The van der Waals surface area contributed by atoms with Crippen LogP contribution in [0.4, 0.5) is 0 Å². The van der Waals surface area contributed by atoms with Crippen LogP contribution in [0.3, 0.4) is 0 Å². The molecule has 16 heteroatoms. The van der Waals surface area contributed by atoms with E-state index in [1.54, 1.807) is 24.3 Å². The van der Waals surface area contributed by atoms with Crippen molar-refractivity contribution < 1.29 is 62.7 Å². The van der Waals surface area contributed by atoms with Crippen molar-refractivity contribution in [3.05, 3.63) is 29.8 Å². The topological polar surface area (TPSA) is 225 Å². The number of carboxylic acid groups (broad SMARTS) is 2. The van der Waals surface area contributed by atoms with E-state index >= 15 is 0 Å². The molecule has 0 radical (unpaired) electrons. The summed E-state index contributed by atoms with van der Waals surface area (Å²) in [5, 5.41) is 26.4. The smallest absolute Gasteiger partial charge is 0.335 e. The van der Waals surface area contributed by atoms with Crippen molar-refractivity contribution in [1.82, 2.24) is 16.0 Å². The van der Waals surface area contributed by atoms with Crippen molar-refractivity contribution >= 4 is 35.4 Å². The van der Waals surface area contributed by atoms with Crippen molar-refractivity contribution in [3.63, 3.8) is 0 Å². The maximum absolute atomic E-state index is 12.3. The van der Waals surface area contributed by atoms with E-state index in [2.05, 4.69) is 16.0 Å². The van der Waals surface area contributed by atoms with E-state index in [0.717, 1.165) is 44.9 Å². The van der Waals surface area contributed by atoms with Crippen molar-refractivity contribution in [2.24, 2.45) is 0 Å². The number of amides is 3. The van der Waals surface area contributed by atoms with Crippen LogP contribution in [-0.2, 0) is 42.9 Å². The van der Waals surface area contributed by atoms with Gasteiger partial charge < -0.3 is 49.8 Å². The summed E-state index contributed by atoms with van der Waals surface area (Å²) in [5.74, 6) is -2.57. The summed E-state index contributed by atoms with van der Waals surface area (Å²) >= 11 is 0. The SMILES string of the molecule is CC(=O)COCCOCCNC(=O)COCCOCCNC(=O)CC[C@H](NC(=O)CCCCCCCCCCCCCCCOc1cccc(C(=O)O)c1)C(=O)O. The minimum atomic E-state index is -1.18. The lowest BCUT2D eigenvalue weighted by molar-refractivity contribution is -0.142. The molecule has 0 saturated carbocycles. The Labute approximate surface area is 337 Å². The van der Waals surface area contributed by atoms with Gasteiger partial charge in [-0.1, -0.05) is 76.7 Å². The van der Waals surface area contributed by atoms with Gasteiger partial charge >= 0.3 is 11.9 Å². The summed E-state index contributed by atoms with van der Waals surface area (Å²) in [5.41, 5.74) is 0.230. The van der Waals surface area contributed by atoms with E-state index in [9.17, 15) is 33.9 Å². The van der Waals surface area contributed by atoms with E-state index < -0.39 is 18.0 Å². The van der Waals surface area contributed by atoms with Crippen LogP contribution in [0.15, 0.2) is 24.3 Å². The highest BCUT2D eigenvalue weighted by Gasteiger charge is 2.20. The Hall–Kier alpha value is -4.12. The fourth-order valence-electron chi connectivity index (χ4n) is 5.53. The van der Waals surface area contributed by atoms with Gasteiger partial charge in [0.1, 0.15) is 25.0 Å². The zero-order valence-electron chi connectivity index (χ0n) is 33.9. The number of Topliss-reactive ketones (excluding diaryl/α,β-unsaturated/α-hetero) is 1. The average molecular weight is 810 g/mol. The zero-order valence-corrected chi connectivity index (χ0v) is 33.9. The van der Waals surface area contributed by atoms with Crippen LogP contribution in [0.2, 0.25) is 0 Å². The third kappa shape index (κ3) is 31.6. The van der Waals surface area contributed by atoms with Crippen molar-refractivity contribution in [2.45, 2.75) is 116 Å². The Morgan fingerprint density at radius 3 is 1.67 bits per heavy atom. The second-order valence-electron chi connectivity index (χ2n) is 13.8. The fraction of sp³-hybridized carbons (Fsp3) is 0.707. The molecular formula is C41H67N3O13. The van der Waals surface area contributed by atoms with Crippen molar-refractivity contribution in [1.29, 1.82) is 0 Å². The summed E-state index contributed by atoms with van der Waals surface area (Å²) in [6.07, 6.45) is 14.4. The van der Waals surface area contributed by atoms with Gasteiger partial charge in [-0.3, -0.25) is 19.2 Å². The highest BCUT2D eigenvalue weighted by molar-refractivity contribution is 5.88. The number of nitrogens with one attached hydrogen (secondary N) is 3. The molecule has 1 rings (SSSR count). The number of ether oxygens (including phenoxy) is 5. The largest absolute Gasteiger partial charge is 0.494 e. The first-order chi connectivity index (χ1) is 27.6. The first-order valence-corrected chi connectivity index (χ1v) is 20.4. The molecule has 0 aliphatic rings. The number of carbonyl (C=O) groups is 6. The second-order valence-corrected chi connectivity index (χ2v) is 13.8. The lowest BCUT2D eigenvalue weighted by Crippen LogP contribution is -2.41. The molecule has 1 aromatic rings. The minimum Gasteiger partial charge on any atom is -0.494 e. The first kappa shape index (κ1) is 50.9. The number of carbonyl (C=O) groups excluding carboxylic acids is 4. The number of aliphatic carboxylic acids is 1. The molecule has 0 heterocycles. The third-order valence-corrected chi connectivity index (χ3v) is 8.61. The number of benzene rings is 1. The van der Waals surface area contributed by atoms with E-state index in [4.69, 9.17) is 28.8 Å². The van der Waals surface area contributed by atoms with Crippen LogP contribution in [0, 0.1) is 0 Å². The van der Waals surface area contributed by atoms with Gasteiger partial charge in [-0.05, 0) is 44.4 Å². The standard InChI is InChI=1S/C41H67N3O13/c1-33(45)31-55-28-26-54-25-22-43-39(48)32-56-29-27-53-24-21-42-37(46)20-19-36(41(51)52)44-38(47)18-13-11-9-7-5-3-2-4-6-8-10-12-14-23-57-35-17-15-16-34(30-35)40(49)50/h15-17,30,36H,2-14,18-29,31-32H2,1H3,(H,42,46)(H,43,48)(H,44,47)(H,49,50)(H,51,52)/t36-/m0/s1. The Bertz CT molecular complexity index is 1280. The van der Waals surface area contributed by atoms with Gasteiger partial charge in [-0.15, -0.1) is 0 Å². The molecule has 0 fully saturated rings. The van der Waals surface area contributed by atoms with E-state index in [1.807, 2.05) is 0 Å². The summed E-state index contributed by atoms with van der Waals surface area (Å²) in [6.45, 7) is 4.03. The normalized spacial score (nSPS) is 11.5. The fourth-order valence-corrected chi connectivity index (χ4v) is 5.53. The molecule has 16 nitrogen and oxygen atoms in total. The molecule has 0 aromatic heterocycles. The summed E-state index contributed by atoms with van der Waals surface area (Å²) in [7, 11) is 0. The molecule has 57 heavy (non-hydrogen) atoms. The van der Waals surface area contributed by atoms with E-state index in [1.165, 1.54) is 39.0 Å². The van der Waals surface area contributed by atoms with Crippen LogP contribution in [0.1, 0.15) is 120 Å². The average Bonchev–Trinajstić information content (AvgIpc) is 3.18. The van der Waals surface area contributed by atoms with Gasteiger partial charge in [-0.2, -0.15) is 0 Å². The van der Waals surface area contributed by atoms with Gasteiger partial charge in [0, 0.05) is 25.9 Å². The molecule has 324 valence electrons. The van der Waals surface area contributed by atoms with E-state index in [0.29, 0.717) is 45.1 Å². The molecule has 0 spiro atoms. The first-order valence-electron chi connectivity index (χ1n) is 20.4. The lowest BCUT2D eigenvalue weighted by atomic mass is 10.0. The lowest BCUT2D eigenvalue weighted by Gasteiger charge is -2.14. The quantitative estimate of drug-likeness (QED) is 0.0580. The number of ketones is 1. The van der Waals surface area contributed by atoms with Crippen LogP contribution in [0.25, 0.3) is 0 Å². The molecule has 3 amide bonds. The molecule has 0 saturated heterocycles. The van der Waals surface area contributed by atoms with Gasteiger partial charge in [0.2, 0.25) is 17.7 Å². The summed E-state index contributed by atoms with van der Waals surface area (Å²) in [4.78, 5) is 69.7. The van der Waals surface area contributed by atoms with Gasteiger partial charge in [0.25, 0.3) is 0 Å². The minimum absolute atomic E-state index is 0.0206. The molecule has 1 aromatic carbocycles. The second kappa shape index (κ2) is 35.1. The predicted molar refractivity (Wildman–Crippen MR) is 212 cm³/mol. The number of rotatable bonds is 39. The van der Waals surface area contributed by atoms with Crippen molar-refractivity contribution in [2.75, 3.05) is 72.6 Å². The molecule has 0 aliphatic carbocycles. The molecule has 0 unspecified atom stereocenters. The predicted octanol–water partition coefficient (Wildman–Crippen LogP) is 4.46. The Kier molecular flexibility index (Phi) is 31.3. The van der Waals surface area contributed by atoms with Gasteiger partial charge in [0.05, 0.1) is 51.8 Å². The Balaban J connectivity index is 1.92. The monoisotopic (exact) mass is 809 g/mol. The number of hydrogen-bond donors (Lipinski definition) is 5. The Morgan fingerprint density at radius 2 is 1.11 bits per heavy atom. The van der Waals surface area contributed by atoms with Crippen LogP contribution < -0.4 is 20.7 Å². The zero-order chi connectivity index (χ0) is 41.8. The van der Waals surface area contributed by atoms with Crippen LogP contribution in [0.5, 0.6) is 5.75 Å². The number of hydrogen-bond acceptors (Lipinski definition) is 11. The van der Waals surface area contributed by atoms with E-state index in [-0.39, 0.29) is 87.9 Å². The molecular weight excluding hydrogens is 742 g/mol. The molecule has 0 bridgehead atoms.